The van der Waals surface area contributed by atoms with Gasteiger partial charge in [0.15, 0.2) is 12.5 Å². The third kappa shape index (κ3) is 1.76. The minimum Gasteiger partial charge on any atom is -0.394 e. The summed E-state index contributed by atoms with van der Waals surface area (Å²) in [6, 6.07) is 0. The predicted molar refractivity (Wildman–Crippen MR) is 35.9 cm³/mol. The quantitative estimate of drug-likeness (QED) is 0.556. The predicted octanol–water partition coefficient (Wildman–Crippen LogP) is -0.232. The molecule has 0 bridgehead atoms. The summed E-state index contributed by atoms with van der Waals surface area (Å²) in [5, 5.41) is 8.34. The number of aliphatic hydroxyl groups excluding tert-OH is 1. The van der Waals surface area contributed by atoms with Crippen molar-refractivity contribution in [3.63, 3.8) is 0 Å². The average molecular weight is 145 g/mol. The van der Waals surface area contributed by atoms with Crippen LogP contribution in [0.2, 0.25) is 0 Å². The Kier molecular flexibility index (Phi) is 2.80. The van der Waals surface area contributed by atoms with Crippen LogP contribution in [-0.4, -0.2) is 37.6 Å². The van der Waals surface area contributed by atoms with Gasteiger partial charge < -0.3 is 14.6 Å². The van der Waals surface area contributed by atoms with Crippen molar-refractivity contribution in [1.82, 2.24) is 0 Å². The Morgan fingerprint density at radius 1 is 1.80 bits per heavy atom. The van der Waals surface area contributed by atoms with Gasteiger partial charge in [-0.05, 0) is 6.72 Å². The minimum atomic E-state index is -0.178. The summed E-state index contributed by atoms with van der Waals surface area (Å²) in [6.45, 7) is 3.68. The van der Waals surface area contributed by atoms with Gasteiger partial charge in [0.1, 0.15) is 0 Å². The molecule has 0 spiro atoms. The summed E-state index contributed by atoms with van der Waals surface area (Å²) < 4.78 is 10.0. The Morgan fingerprint density at radius 3 is 3.00 bits per heavy atom. The third-order valence-corrected chi connectivity index (χ3v) is 1.30. The van der Waals surface area contributed by atoms with Crippen molar-refractivity contribution in [1.29, 1.82) is 0 Å². The lowest BCUT2D eigenvalue weighted by Crippen LogP contribution is -2.38. The molecule has 0 amide bonds. The number of rotatable bonds is 4. The van der Waals surface area contributed by atoms with Crippen LogP contribution in [0, 0.1) is 0 Å². The molecule has 1 rings (SSSR count). The van der Waals surface area contributed by atoms with Crippen molar-refractivity contribution in [3.05, 3.63) is 0 Å². The topological polar surface area (TPSA) is 51.0 Å². The fourth-order valence-electron chi connectivity index (χ4n) is 0.738. The van der Waals surface area contributed by atoms with Gasteiger partial charge in [-0.2, -0.15) is 0 Å². The molecule has 2 unspecified atom stereocenters. The third-order valence-electron chi connectivity index (χ3n) is 1.30. The maximum Gasteiger partial charge on any atom is 0.164 e. The van der Waals surface area contributed by atoms with Gasteiger partial charge in [0.2, 0.25) is 0 Å². The van der Waals surface area contributed by atoms with E-state index in [1.165, 1.54) is 0 Å². The van der Waals surface area contributed by atoms with E-state index >= 15 is 0 Å². The number of hydrogen-bond donors (Lipinski definition) is 1. The SMILES string of the molecule is C=NC1CC(OCCO)O1. The molecule has 1 aliphatic heterocycles. The number of aliphatic hydroxyl groups is 1. The van der Waals surface area contributed by atoms with E-state index < -0.39 is 0 Å². The fourth-order valence-corrected chi connectivity index (χ4v) is 0.738. The Morgan fingerprint density at radius 2 is 2.50 bits per heavy atom. The zero-order chi connectivity index (χ0) is 7.40. The molecule has 4 nitrogen and oxygen atoms in total. The second-order valence-corrected chi connectivity index (χ2v) is 2.03. The lowest BCUT2D eigenvalue weighted by Gasteiger charge is -2.32. The fraction of sp³-hybridized carbons (Fsp3) is 0.833. The summed E-state index contributed by atoms with van der Waals surface area (Å²) in [4.78, 5) is 3.64. The summed E-state index contributed by atoms with van der Waals surface area (Å²) in [7, 11) is 0. The van der Waals surface area contributed by atoms with Crippen LogP contribution in [0.5, 0.6) is 0 Å². The second kappa shape index (κ2) is 3.65. The van der Waals surface area contributed by atoms with Gasteiger partial charge in [0.05, 0.1) is 13.2 Å². The van der Waals surface area contributed by atoms with Gasteiger partial charge in [-0.3, -0.25) is 4.99 Å². The van der Waals surface area contributed by atoms with Crippen molar-refractivity contribution in [3.8, 4) is 0 Å². The highest BCUT2D eigenvalue weighted by atomic mass is 16.7. The molecular formula is C6H11NO3. The second-order valence-electron chi connectivity index (χ2n) is 2.03. The Hall–Kier alpha value is -0.450. The highest BCUT2D eigenvalue weighted by Gasteiger charge is 2.29. The van der Waals surface area contributed by atoms with Gasteiger partial charge >= 0.3 is 0 Å². The highest BCUT2D eigenvalue weighted by molar-refractivity contribution is 5.23. The lowest BCUT2D eigenvalue weighted by molar-refractivity contribution is -0.255. The van der Waals surface area contributed by atoms with Crippen molar-refractivity contribution in [2.45, 2.75) is 18.9 Å². The molecule has 0 radical (unpaired) electrons. The van der Waals surface area contributed by atoms with Crippen LogP contribution in [0.25, 0.3) is 0 Å². The van der Waals surface area contributed by atoms with Crippen LogP contribution >= 0.6 is 0 Å². The summed E-state index contributed by atoms with van der Waals surface area (Å²) in [6.07, 6.45) is 0.482. The van der Waals surface area contributed by atoms with E-state index in [0.717, 1.165) is 6.42 Å². The molecule has 58 valence electrons. The first-order valence-electron chi connectivity index (χ1n) is 3.20. The average Bonchev–Trinajstić information content (AvgIpc) is 1.86. The normalized spacial score (nSPS) is 31.3. The molecule has 0 aromatic rings. The van der Waals surface area contributed by atoms with Crippen LogP contribution < -0.4 is 0 Å². The van der Waals surface area contributed by atoms with E-state index in [2.05, 4.69) is 11.7 Å². The van der Waals surface area contributed by atoms with Gasteiger partial charge in [-0.25, -0.2) is 0 Å². The molecule has 1 heterocycles. The van der Waals surface area contributed by atoms with Crippen LogP contribution in [0.3, 0.4) is 0 Å². The maximum absolute atomic E-state index is 8.34. The molecule has 1 aliphatic rings. The molecule has 1 saturated heterocycles. The van der Waals surface area contributed by atoms with Crippen LogP contribution in [0.1, 0.15) is 6.42 Å². The van der Waals surface area contributed by atoms with Crippen molar-refractivity contribution >= 4 is 6.72 Å². The van der Waals surface area contributed by atoms with Crippen LogP contribution in [-0.2, 0) is 9.47 Å². The van der Waals surface area contributed by atoms with Gasteiger partial charge in [-0.1, -0.05) is 0 Å². The molecule has 2 atom stereocenters. The van der Waals surface area contributed by atoms with E-state index in [4.69, 9.17) is 14.6 Å². The smallest absolute Gasteiger partial charge is 0.164 e. The molecule has 4 heteroatoms. The standard InChI is InChI=1S/C6H11NO3/c1-7-5-4-6(10-5)9-3-2-8/h5-6,8H,1-4H2. The molecular weight excluding hydrogens is 134 g/mol. The van der Waals surface area contributed by atoms with Crippen molar-refractivity contribution in [2.75, 3.05) is 13.2 Å². The van der Waals surface area contributed by atoms with Crippen molar-refractivity contribution in [2.24, 2.45) is 4.99 Å². The number of ether oxygens (including phenoxy) is 2. The molecule has 10 heavy (non-hydrogen) atoms. The Labute approximate surface area is 59.5 Å². The summed E-state index contributed by atoms with van der Waals surface area (Å²) in [5.41, 5.74) is 0. The zero-order valence-corrected chi connectivity index (χ0v) is 5.69. The van der Waals surface area contributed by atoms with E-state index in [1.807, 2.05) is 0 Å². The number of aliphatic imine (C=N–C) groups is 1. The van der Waals surface area contributed by atoms with Gasteiger partial charge in [-0.15, -0.1) is 0 Å². The highest BCUT2D eigenvalue weighted by Crippen LogP contribution is 2.21. The van der Waals surface area contributed by atoms with Crippen LogP contribution in [0.4, 0.5) is 0 Å². The maximum atomic E-state index is 8.34. The molecule has 1 fully saturated rings. The first-order valence-corrected chi connectivity index (χ1v) is 3.20. The van der Waals surface area contributed by atoms with E-state index in [0.29, 0.717) is 6.61 Å². The largest absolute Gasteiger partial charge is 0.394 e. The Bertz CT molecular complexity index is 112. The first kappa shape index (κ1) is 7.65. The van der Waals surface area contributed by atoms with Crippen molar-refractivity contribution < 1.29 is 14.6 Å². The summed E-state index contributed by atoms with van der Waals surface area (Å²) >= 11 is 0. The first-order chi connectivity index (χ1) is 4.86. The van der Waals surface area contributed by atoms with E-state index in [1.54, 1.807) is 0 Å². The molecule has 0 aliphatic carbocycles. The lowest BCUT2D eigenvalue weighted by atomic mass is 10.3. The zero-order valence-electron chi connectivity index (χ0n) is 5.69. The summed E-state index contributed by atoms with van der Waals surface area (Å²) in [5.74, 6) is 0. The van der Waals surface area contributed by atoms with E-state index in [9.17, 15) is 0 Å². The van der Waals surface area contributed by atoms with Gasteiger partial charge in [0, 0.05) is 6.42 Å². The molecule has 0 saturated carbocycles. The van der Waals surface area contributed by atoms with E-state index in [-0.39, 0.29) is 19.1 Å². The van der Waals surface area contributed by atoms with Gasteiger partial charge in [0.25, 0.3) is 0 Å². The monoisotopic (exact) mass is 145 g/mol. The Balaban J connectivity index is 1.97. The molecule has 0 aromatic heterocycles. The van der Waals surface area contributed by atoms with Crippen LogP contribution in [0.15, 0.2) is 4.99 Å². The molecule has 1 N–H and O–H groups in total. The minimum absolute atomic E-state index is 0.0338. The molecule has 0 aromatic carbocycles. The number of hydrogen-bond acceptors (Lipinski definition) is 4. The number of nitrogens with zero attached hydrogens (tertiary/aromatic N) is 1.